The molecule has 0 radical (unpaired) electrons. The van der Waals surface area contributed by atoms with Crippen molar-refractivity contribution >= 4 is 40.0 Å². The quantitative estimate of drug-likeness (QED) is 0.185. The molecule has 0 amide bonds. The fourth-order valence-corrected chi connectivity index (χ4v) is 2.81. The zero-order chi connectivity index (χ0) is 17.1. The number of nitrogens with zero attached hydrogens (tertiary/aromatic N) is 2. The van der Waals surface area contributed by atoms with Gasteiger partial charge < -0.3 is 15.4 Å². The first kappa shape index (κ1) is 23.8. The van der Waals surface area contributed by atoms with Gasteiger partial charge in [-0.2, -0.15) is 0 Å². The number of rotatable bonds is 9. The van der Waals surface area contributed by atoms with Crippen LogP contribution in [-0.4, -0.2) is 83.6 Å². The van der Waals surface area contributed by atoms with E-state index < -0.39 is 10.0 Å². The van der Waals surface area contributed by atoms with Crippen LogP contribution in [-0.2, 0) is 14.8 Å². The normalized spacial score (nSPS) is 17.9. The number of nitrogens with one attached hydrogen (secondary N) is 3. The summed E-state index contributed by atoms with van der Waals surface area (Å²) in [6.45, 7) is 11.5. The molecule has 1 fully saturated rings. The highest BCUT2D eigenvalue weighted by Crippen LogP contribution is 2.03. The highest BCUT2D eigenvalue weighted by Gasteiger charge is 2.16. The smallest absolute Gasteiger partial charge is 0.211 e. The molecule has 10 heteroatoms. The van der Waals surface area contributed by atoms with E-state index in [1.165, 1.54) is 0 Å². The van der Waals surface area contributed by atoms with Crippen molar-refractivity contribution in [1.29, 1.82) is 0 Å². The highest BCUT2D eigenvalue weighted by molar-refractivity contribution is 14.0. The molecular weight excluding hydrogens is 445 g/mol. The van der Waals surface area contributed by atoms with Crippen LogP contribution in [0.25, 0.3) is 0 Å². The first-order valence-electron chi connectivity index (χ1n) is 8.29. The molecule has 0 aliphatic carbocycles. The number of halogens is 1. The van der Waals surface area contributed by atoms with Crippen molar-refractivity contribution in [3.05, 3.63) is 0 Å². The van der Waals surface area contributed by atoms with E-state index in [-0.39, 0.29) is 29.7 Å². The van der Waals surface area contributed by atoms with Crippen LogP contribution in [0.2, 0.25) is 0 Å². The average molecular weight is 477 g/mol. The molecular formula is C14H32IN5O3S. The lowest BCUT2D eigenvalue weighted by Crippen LogP contribution is -2.45. The SMILES string of the molecule is CCNC(=NCC(C)N1CCOCC1)NCCNS(=O)(=O)CC.I. The molecule has 0 aromatic heterocycles. The Morgan fingerprint density at radius 3 is 2.46 bits per heavy atom. The zero-order valence-corrected chi connectivity index (χ0v) is 18.0. The van der Waals surface area contributed by atoms with Gasteiger partial charge in [-0.1, -0.05) is 0 Å². The predicted molar refractivity (Wildman–Crippen MR) is 109 cm³/mol. The Balaban J connectivity index is 0.00000529. The number of hydrogen-bond acceptors (Lipinski definition) is 5. The van der Waals surface area contributed by atoms with Crippen molar-refractivity contribution < 1.29 is 13.2 Å². The van der Waals surface area contributed by atoms with Crippen molar-refractivity contribution in [2.75, 3.05) is 58.2 Å². The minimum absolute atomic E-state index is 0. The van der Waals surface area contributed by atoms with E-state index >= 15 is 0 Å². The van der Waals surface area contributed by atoms with Crippen LogP contribution in [0.15, 0.2) is 4.99 Å². The van der Waals surface area contributed by atoms with Crippen molar-refractivity contribution in [1.82, 2.24) is 20.3 Å². The Bertz CT molecular complexity index is 455. The summed E-state index contributed by atoms with van der Waals surface area (Å²) in [5, 5.41) is 6.32. The monoisotopic (exact) mass is 477 g/mol. The summed E-state index contributed by atoms with van der Waals surface area (Å²) in [7, 11) is -3.14. The number of morpholine rings is 1. The number of aliphatic imine (C=N–C) groups is 1. The molecule has 144 valence electrons. The van der Waals surface area contributed by atoms with Gasteiger partial charge >= 0.3 is 0 Å². The Hall–Kier alpha value is -0.170. The molecule has 1 rings (SSSR count). The third kappa shape index (κ3) is 9.97. The van der Waals surface area contributed by atoms with Gasteiger partial charge in [-0.25, -0.2) is 13.1 Å². The fraction of sp³-hybridized carbons (Fsp3) is 0.929. The second-order valence-electron chi connectivity index (χ2n) is 5.44. The van der Waals surface area contributed by atoms with Crippen LogP contribution in [0.5, 0.6) is 0 Å². The summed E-state index contributed by atoms with van der Waals surface area (Å²) >= 11 is 0. The first-order valence-corrected chi connectivity index (χ1v) is 9.95. The fourth-order valence-electron chi connectivity index (χ4n) is 2.19. The standard InChI is InChI=1S/C14H31N5O3S.HI/c1-4-15-14(16-6-7-18-23(20,21)5-2)17-12-13(3)19-8-10-22-11-9-19;/h13,18H,4-12H2,1-3H3,(H2,15,16,17);1H. The lowest BCUT2D eigenvalue weighted by atomic mass is 10.2. The van der Waals surface area contributed by atoms with E-state index in [9.17, 15) is 8.42 Å². The van der Waals surface area contributed by atoms with Gasteiger partial charge in [0.1, 0.15) is 0 Å². The van der Waals surface area contributed by atoms with Gasteiger partial charge in [0, 0.05) is 38.8 Å². The van der Waals surface area contributed by atoms with Gasteiger partial charge in [0.05, 0.1) is 25.5 Å². The summed E-state index contributed by atoms with van der Waals surface area (Å²) in [4.78, 5) is 6.94. The number of guanidine groups is 1. The average Bonchev–Trinajstić information content (AvgIpc) is 2.57. The summed E-state index contributed by atoms with van der Waals surface area (Å²) < 4.78 is 30.6. The third-order valence-electron chi connectivity index (χ3n) is 3.65. The van der Waals surface area contributed by atoms with Gasteiger partial charge in [0.2, 0.25) is 10.0 Å². The molecule has 1 atom stereocenters. The van der Waals surface area contributed by atoms with Crippen LogP contribution in [0.1, 0.15) is 20.8 Å². The Kier molecular flexibility index (Phi) is 13.0. The number of hydrogen-bond donors (Lipinski definition) is 3. The van der Waals surface area contributed by atoms with Crippen LogP contribution in [0, 0.1) is 0 Å². The highest BCUT2D eigenvalue weighted by atomic mass is 127. The summed E-state index contributed by atoms with van der Waals surface area (Å²) in [6.07, 6.45) is 0. The zero-order valence-electron chi connectivity index (χ0n) is 14.9. The van der Waals surface area contributed by atoms with Crippen molar-refractivity contribution in [2.45, 2.75) is 26.8 Å². The third-order valence-corrected chi connectivity index (χ3v) is 5.05. The van der Waals surface area contributed by atoms with Crippen molar-refractivity contribution in [3.8, 4) is 0 Å². The van der Waals surface area contributed by atoms with E-state index in [0.29, 0.717) is 31.6 Å². The molecule has 0 spiro atoms. The van der Waals surface area contributed by atoms with Crippen LogP contribution < -0.4 is 15.4 Å². The summed E-state index contributed by atoms with van der Waals surface area (Å²) in [5.41, 5.74) is 0. The molecule has 1 saturated heterocycles. The van der Waals surface area contributed by atoms with Gasteiger partial charge in [-0.05, 0) is 20.8 Å². The van der Waals surface area contributed by atoms with Crippen molar-refractivity contribution in [2.24, 2.45) is 4.99 Å². The number of sulfonamides is 1. The number of ether oxygens (including phenoxy) is 1. The molecule has 0 saturated carbocycles. The molecule has 0 aromatic carbocycles. The second kappa shape index (κ2) is 13.1. The Morgan fingerprint density at radius 2 is 1.88 bits per heavy atom. The minimum atomic E-state index is -3.14. The van der Waals surface area contributed by atoms with Crippen LogP contribution in [0.3, 0.4) is 0 Å². The van der Waals surface area contributed by atoms with Gasteiger partial charge in [0.25, 0.3) is 0 Å². The maximum absolute atomic E-state index is 11.4. The summed E-state index contributed by atoms with van der Waals surface area (Å²) in [6, 6.07) is 0.355. The maximum Gasteiger partial charge on any atom is 0.211 e. The molecule has 0 bridgehead atoms. The predicted octanol–water partition coefficient (Wildman–Crippen LogP) is -0.180. The Labute approximate surface area is 163 Å². The van der Waals surface area contributed by atoms with Crippen molar-refractivity contribution in [3.63, 3.8) is 0 Å². The largest absolute Gasteiger partial charge is 0.379 e. The molecule has 24 heavy (non-hydrogen) atoms. The van der Waals surface area contributed by atoms with E-state index in [0.717, 1.165) is 32.8 Å². The molecule has 8 nitrogen and oxygen atoms in total. The van der Waals surface area contributed by atoms with E-state index in [4.69, 9.17) is 4.74 Å². The van der Waals surface area contributed by atoms with Crippen LogP contribution in [0.4, 0.5) is 0 Å². The van der Waals surface area contributed by atoms with E-state index in [1.807, 2.05) is 6.92 Å². The molecule has 1 aliphatic heterocycles. The molecule has 1 aliphatic rings. The second-order valence-corrected chi connectivity index (χ2v) is 7.54. The Morgan fingerprint density at radius 1 is 1.21 bits per heavy atom. The van der Waals surface area contributed by atoms with Gasteiger partial charge in [-0.15, -0.1) is 24.0 Å². The lowest BCUT2D eigenvalue weighted by molar-refractivity contribution is 0.0220. The van der Waals surface area contributed by atoms with Gasteiger partial charge in [-0.3, -0.25) is 9.89 Å². The maximum atomic E-state index is 11.4. The first-order chi connectivity index (χ1) is 11.0. The molecule has 1 unspecified atom stereocenters. The van der Waals surface area contributed by atoms with Crippen LogP contribution >= 0.6 is 24.0 Å². The molecule has 1 heterocycles. The van der Waals surface area contributed by atoms with Gasteiger partial charge in [0.15, 0.2) is 5.96 Å². The molecule has 0 aromatic rings. The topological polar surface area (TPSA) is 95.1 Å². The lowest BCUT2D eigenvalue weighted by Gasteiger charge is -2.31. The molecule has 3 N–H and O–H groups in total. The summed E-state index contributed by atoms with van der Waals surface area (Å²) in [5.74, 6) is 0.807. The van der Waals surface area contributed by atoms with E-state index in [1.54, 1.807) is 6.92 Å². The van der Waals surface area contributed by atoms with E-state index in [2.05, 4.69) is 32.2 Å². The minimum Gasteiger partial charge on any atom is -0.379 e.